The molecule has 1 aliphatic heterocycles. The van der Waals surface area contributed by atoms with Crippen LogP contribution in [0.1, 0.15) is 33.1 Å². The number of nitrogens with one attached hydrogen (secondary N) is 2. The van der Waals surface area contributed by atoms with Crippen LogP contribution in [0.15, 0.2) is 0 Å². The minimum Gasteiger partial charge on any atom is -0.381 e. The second-order valence-electron chi connectivity index (χ2n) is 5.69. The van der Waals surface area contributed by atoms with Crippen LogP contribution in [-0.4, -0.2) is 58.7 Å². The zero-order valence-electron chi connectivity index (χ0n) is 12.9. The second kappa shape index (κ2) is 8.94. The van der Waals surface area contributed by atoms with Gasteiger partial charge in [-0.2, -0.15) is 12.7 Å². The van der Waals surface area contributed by atoms with Crippen molar-refractivity contribution in [3.8, 4) is 0 Å². The van der Waals surface area contributed by atoms with Gasteiger partial charge >= 0.3 is 0 Å². The summed E-state index contributed by atoms with van der Waals surface area (Å²) < 4.78 is 33.5. The van der Waals surface area contributed by atoms with Crippen LogP contribution < -0.4 is 10.0 Å². The average molecular weight is 307 g/mol. The van der Waals surface area contributed by atoms with E-state index in [4.69, 9.17) is 4.74 Å². The molecular weight excluding hydrogens is 278 g/mol. The molecule has 120 valence electrons. The van der Waals surface area contributed by atoms with Crippen LogP contribution in [-0.2, 0) is 14.9 Å². The van der Waals surface area contributed by atoms with Gasteiger partial charge < -0.3 is 10.1 Å². The lowest BCUT2D eigenvalue weighted by Gasteiger charge is -2.24. The minimum atomic E-state index is -3.35. The summed E-state index contributed by atoms with van der Waals surface area (Å²) in [6, 6.07) is 0.434. The SMILES string of the molecule is CC(C)NCCCN(C)S(=O)(=O)NCC1CCOCC1. The van der Waals surface area contributed by atoms with Crippen LogP contribution in [0.25, 0.3) is 0 Å². The Morgan fingerprint density at radius 2 is 1.95 bits per heavy atom. The monoisotopic (exact) mass is 307 g/mol. The van der Waals surface area contributed by atoms with E-state index >= 15 is 0 Å². The third-order valence-electron chi connectivity index (χ3n) is 3.51. The largest absolute Gasteiger partial charge is 0.381 e. The van der Waals surface area contributed by atoms with Crippen molar-refractivity contribution in [1.29, 1.82) is 0 Å². The first kappa shape index (κ1) is 17.8. The van der Waals surface area contributed by atoms with E-state index in [1.165, 1.54) is 4.31 Å². The van der Waals surface area contributed by atoms with E-state index in [1.54, 1.807) is 7.05 Å². The zero-order valence-corrected chi connectivity index (χ0v) is 13.7. The van der Waals surface area contributed by atoms with Gasteiger partial charge in [0, 0.05) is 39.4 Å². The van der Waals surface area contributed by atoms with Crippen molar-refractivity contribution in [2.75, 3.05) is 39.9 Å². The maximum Gasteiger partial charge on any atom is 0.279 e. The lowest BCUT2D eigenvalue weighted by Crippen LogP contribution is -2.42. The van der Waals surface area contributed by atoms with Gasteiger partial charge in [0.1, 0.15) is 0 Å². The summed E-state index contributed by atoms with van der Waals surface area (Å²) in [5.41, 5.74) is 0. The molecule has 0 saturated carbocycles. The minimum absolute atomic E-state index is 0.398. The molecule has 20 heavy (non-hydrogen) atoms. The lowest BCUT2D eigenvalue weighted by molar-refractivity contribution is 0.0677. The molecular formula is C13H29N3O3S. The van der Waals surface area contributed by atoms with Crippen molar-refractivity contribution < 1.29 is 13.2 Å². The molecule has 0 amide bonds. The molecule has 0 unspecified atom stereocenters. The number of hydrogen-bond acceptors (Lipinski definition) is 4. The summed E-state index contributed by atoms with van der Waals surface area (Å²) in [5, 5.41) is 3.28. The fraction of sp³-hybridized carbons (Fsp3) is 1.00. The Labute approximate surface area is 123 Å². The molecule has 1 aliphatic rings. The van der Waals surface area contributed by atoms with Crippen LogP contribution >= 0.6 is 0 Å². The molecule has 1 saturated heterocycles. The summed E-state index contributed by atoms with van der Waals surface area (Å²) in [6.45, 7) is 7.51. The van der Waals surface area contributed by atoms with Gasteiger partial charge in [0.05, 0.1) is 0 Å². The molecule has 0 aromatic carbocycles. The molecule has 0 aromatic rings. The average Bonchev–Trinajstić information content (AvgIpc) is 2.42. The van der Waals surface area contributed by atoms with E-state index in [1.807, 2.05) is 0 Å². The summed E-state index contributed by atoms with van der Waals surface area (Å²) in [4.78, 5) is 0. The van der Waals surface area contributed by atoms with Gasteiger partial charge in [-0.3, -0.25) is 0 Å². The number of ether oxygens (including phenoxy) is 1. The van der Waals surface area contributed by atoms with Crippen LogP contribution in [0.4, 0.5) is 0 Å². The predicted molar refractivity (Wildman–Crippen MR) is 80.9 cm³/mol. The predicted octanol–water partition coefficient (Wildman–Crippen LogP) is 0.567. The first-order chi connectivity index (χ1) is 9.42. The van der Waals surface area contributed by atoms with Gasteiger partial charge in [0.15, 0.2) is 0 Å². The highest BCUT2D eigenvalue weighted by Gasteiger charge is 2.20. The number of hydrogen-bond donors (Lipinski definition) is 2. The van der Waals surface area contributed by atoms with Gasteiger partial charge in [-0.05, 0) is 31.7 Å². The van der Waals surface area contributed by atoms with Crippen LogP contribution in [0, 0.1) is 5.92 Å². The smallest absolute Gasteiger partial charge is 0.279 e. The fourth-order valence-corrected chi connectivity index (χ4v) is 3.13. The first-order valence-electron chi connectivity index (χ1n) is 7.44. The maximum atomic E-state index is 12.1. The molecule has 0 radical (unpaired) electrons. The molecule has 0 spiro atoms. The first-order valence-corrected chi connectivity index (χ1v) is 8.88. The molecule has 0 bridgehead atoms. The maximum absolute atomic E-state index is 12.1. The van der Waals surface area contributed by atoms with Crippen LogP contribution in [0.5, 0.6) is 0 Å². The topological polar surface area (TPSA) is 70.7 Å². The van der Waals surface area contributed by atoms with Gasteiger partial charge in [0.25, 0.3) is 10.2 Å². The summed E-state index contributed by atoms with van der Waals surface area (Å²) in [6.07, 6.45) is 2.68. The Kier molecular flexibility index (Phi) is 7.98. The van der Waals surface area contributed by atoms with Gasteiger partial charge in [-0.15, -0.1) is 0 Å². The van der Waals surface area contributed by atoms with Crippen molar-refractivity contribution >= 4 is 10.2 Å². The van der Waals surface area contributed by atoms with Crippen LogP contribution in [0.3, 0.4) is 0 Å². The molecule has 0 aliphatic carbocycles. The molecule has 1 rings (SSSR count). The highest BCUT2D eigenvalue weighted by atomic mass is 32.2. The summed E-state index contributed by atoms with van der Waals surface area (Å²) >= 11 is 0. The van der Waals surface area contributed by atoms with E-state index in [2.05, 4.69) is 23.9 Å². The number of nitrogens with zero attached hydrogens (tertiary/aromatic N) is 1. The Hall–Kier alpha value is -0.210. The van der Waals surface area contributed by atoms with Crippen LogP contribution in [0.2, 0.25) is 0 Å². The molecule has 0 aromatic heterocycles. The van der Waals surface area contributed by atoms with Crippen molar-refractivity contribution in [3.63, 3.8) is 0 Å². The molecule has 1 fully saturated rings. The third-order valence-corrected chi connectivity index (χ3v) is 5.04. The Morgan fingerprint density at radius 1 is 1.30 bits per heavy atom. The molecule has 2 N–H and O–H groups in total. The third kappa shape index (κ3) is 6.99. The lowest BCUT2D eigenvalue weighted by atomic mass is 10.0. The highest BCUT2D eigenvalue weighted by Crippen LogP contribution is 2.13. The van der Waals surface area contributed by atoms with Gasteiger partial charge in [-0.25, -0.2) is 4.72 Å². The summed E-state index contributed by atoms with van der Waals surface area (Å²) in [5.74, 6) is 0.398. The Bertz CT molecular complexity index is 354. The second-order valence-corrected chi connectivity index (χ2v) is 7.56. The summed E-state index contributed by atoms with van der Waals surface area (Å²) in [7, 11) is -1.72. The van der Waals surface area contributed by atoms with E-state index in [0.29, 0.717) is 25.0 Å². The fourth-order valence-electron chi connectivity index (χ4n) is 2.10. The van der Waals surface area contributed by atoms with Gasteiger partial charge in [-0.1, -0.05) is 13.8 Å². The molecule has 1 heterocycles. The van der Waals surface area contributed by atoms with Crippen molar-refractivity contribution in [1.82, 2.24) is 14.3 Å². The normalized spacial score (nSPS) is 18.1. The Morgan fingerprint density at radius 3 is 2.55 bits per heavy atom. The van der Waals surface area contributed by atoms with E-state index < -0.39 is 10.2 Å². The van der Waals surface area contributed by atoms with Crippen molar-refractivity contribution in [3.05, 3.63) is 0 Å². The standard InChI is InChI=1S/C13H29N3O3S/c1-12(2)14-7-4-8-16(3)20(17,18)15-11-13-5-9-19-10-6-13/h12-15H,4-11H2,1-3H3. The molecule has 7 heteroatoms. The quantitative estimate of drug-likeness (QED) is 0.611. The van der Waals surface area contributed by atoms with Gasteiger partial charge in [0.2, 0.25) is 0 Å². The van der Waals surface area contributed by atoms with E-state index in [-0.39, 0.29) is 0 Å². The van der Waals surface area contributed by atoms with E-state index in [9.17, 15) is 8.42 Å². The molecule has 6 nitrogen and oxygen atoms in total. The van der Waals surface area contributed by atoms with Crippen molar-refractivity contribution in [2.45, 2.75) is 39.2 Å². The zero-order chi connectivity index (χ0) is 15.0. The Balaban J connectivity index is 2.23. The highest BCUT2D eigenvalue weighted by molar-refractivity contribution is 7.87. The van der Waals surface area contributed by atoms with Crippen molar-refractivity contribution in [2.24, 2.45) is 5.92 Å². The van der Waals surface area contributed by atoms with E-state index in [0.717, 1.165) is 39.0 Å². The number of rotatable bonds is 9. The molecule has 0 atom stereocenters.